The second kappa shape index (κ2) is 5.14. The Morgan fingerprint density at radius 1 is 1.35 bits per heavy atom. The standard InChI is InChI=1S/C12H21N3O2/c1-4-13-12(2,3)11-14-10(15-17-11)9-5-7-16-8-6-9/h9,13H,4-8H2,1-3H3. The van der Waals surface area contributed by atoms with Crippen LogP contribution in [0.5, 0.6) is 0 Å². The molecule has 0 saturated carbocycles. The molecule has 5 heteroatoms. The Balaban J connectivity index is 2.09. The van der Waals surface area contributed by atoms with Gasteiger partial charge in [-0.25, -0.2) is 0 Å². The molecule has 0 aromatic carbocycles. The topological polar surface area (TPSA) is 60.2 Å². The van der Waals surface area contributed by atoms with Gasteiger partial charge in [-0.3, -0.25) is 0 Å². The maximum absolute atomic E-state index is 5.37. The third kappa shape index (κ3) is 2.84. The fraction of sp³-hybridized carbons (Fsp3) is 0.833. The highest BCUT2D eigenvalue weighted by Gasteiger charge is 2.29. The molecule has 1 aromatic heterocycles. The Labute approximate surface area is 102 Å². The number of hydrogen-bond donors (Lipinski definition) is 1. The van der Waals surface area contributed by atoms with Crippen molar-refractivity contribution in [1.29, 1.82) is 0 Å². The van der Waals surface area contributed by atoms with Crippen LogP contribution in [0.1, 0.15) is 51.2 Å². The second-order valence-electron chi connectivity index (χ2n) is 5.00. The van der Waals surface area contributed by atoms with E-state index >= 15 is 0 Å². The van der Waals surface area contributed by atoms with Crippen molar-refractivity contribution in [2.75, 3.05) is 19.8 Å². The van der Waals surface area contributed by atoms with Gasteiger partial charge in [0.15, 0.2) is 5.82 Å². The van der Waals surface area contributed by atoms with Crippen LogP contribution in [0.3, 0.4) is 0 Å². The van der Waals surface area contributed by atoms with Gasteiger partial charge in [0, 0.05) is 19.1 Å². The molecule has 2 rings (SSSR count). The quantitative estimate of drug-likeness (QED) is 0.868. The molecule has 0 bridgehead atoms. The van der Waals surface area contributed by atoms with Gasteiger partial charge in [-0.1, -0.05) is 12.1 Å². The largest absolute Gasteiger partial charge is 0.381 e. The normalized spacial score (nSPS) is 18.5. The fourth-order valence-electron chi connectivity index (χ4n) is 2.13. The van der Waals surface area contributed by atoms with Crippen molar-refractivity contribution in [2.24, 2.45) is 0 Å². The molecule has 1 aliphatic rings. The third-order valence-corrected chi connectivity index (χ3v) is 3.18. The molecule has 96 valence electrons. The molecular formula is C12H21N3O2. The highest BCUT2D eigenvalue weighted by Crippen LogP contribution is 2.26. The van der Waals surface area contributed by atoms with Gasteiger partial charge in [-0.15, -0.1) is 0 Å². The molecule has 5 nitrogen and oxygen atoms in total. The van der Waals surface area contributed by atoms with Gasteiger partial charge in [0.05, 0.1) is 5.54 Å². The van der Waals surface area contributed by atoms with Gasteiger partial charge in [-0.2, -0.15) is 4.98 Å². The average Bonchev–Trinajstić information content (AvgIpc) is 2.80. The number of hydrogen-bond acceptors (Lipinski definition) is 5. The van der Waals surface area contributed by atoms with Crippen molar-refractivity contribution in [1.82, 2.24) is 15.5 Å². The summed E-state index contributed by atoms with van der Waals surface area (Å²) in [5.74, 6) is 1.88. The summed E-state index contributed by atoms with van der Waals surface area (Å²) in [6, 6.07) is 0. The van der Waals surface area contributed by atoms with E-state index in [0.717, 1.165) is 38.4 Å². The highest BCUT2D eigenvalue weighted by atomic mass is 16.5. The molecule has 0 radical (unpaired) electrons. The SMILES string of the molecule is CCNC(C)(C)c1nc(C2CCOCC2)no1. The first-order valence-corrected chi connectivity index (χ1v) is 6.30. The maximum Gasteiger partial charge on any atom is 0.246 e. The summed E-state index contributed by atoms with van der Waals surface area (Å²) in [5, 5.41) is 7.44. The fourth-order valence-corrected chi connectivity index (χ4v) is 2.13. The minimum absolute atomic E-state index is 0.259. The van der Waals surface area contributed by atoms with Crippen molar-refractivity contribution >= 4 is 0 Å². The zero-order valence-corrected chi connectivity index (χ0v) is 10.8. The Hall–Kier alpha value is -0.940. The number of nitrogens with zero attached hydrogens (tertiary/aromatic N) is 2. The molecular weight excluding hydrogens is 218 g/mol. The lowest BCUT2D eigenvalue weighted by molar-refractivity contribution is 0.0830. The lowest BCUT2D eigenvalue weighted by Crippen LogP contribution is -2.36. The van der Waals surface area contributed by atoms with Crippen LogP contribution in [-0.2, 0) is 10.3 Å². The molecule has 1 aliphatic heterocycles. The molecule has 0 unspecified atom stereocenters. The van der Waals surface area contributed by atoms with E-state index < -0.39 is 0 Å². The third-order valence-electron chi connectivity index (χ3n) is 3.18. The first-order valence-electron chi connectivity index (χ1n) is 6.30. The monoisotopic (exact) mass is 239 g/mol. The van der Waals surface area contributed by atoms with Crippen LogP contribution in [-0.4, -0.2) is 29.9 Å². The van der Waals surface area contributed by atoms with Crippen molar-refractivity contribution in [3.8, 4) is 0 Å². The van der Waals surface area contributed by atoms with Crippen LogP contribution in [0.4, 0.5) is 0 Å². The molecule has 17 heavy (non-hydrogen) atoms. The van der Waals surface area contributed by atoms with E-state index in [1.807, 2.05) is 0 Å². The van der Waals surface area contributed by atoms with E-state index in [9.17, 15) is 0 Å². The van der Waals surface area contributed by atoms with Crippen molar-refractivity contribution in [2.45, 2.75) is 45.1 Å². The van der Waals surface area contributed by atoms with Crippen molar-refractivity contribution < 1.29 is 9.26 Å². The lowest BCUT2D eigenvalue weighted by Gasteiger charge is -2.21. The zero-order valence-electron chi connectivity index (χ0n) is 10.8. The first kappa shape index (κ1) is 12.5. The van der Waals surface area contributed by atoms with Gasteiger partial charge in [0.25, 0.3) is 0 Å². The Morgan fingerprint density at radius 2 is 2.06 bits per heavy atom. The summed E-state index contributed by atoms with van der Waals surface area (Å²) in [5.41, 5.74) is -0.259. The number of nitrogens with one attached hydrogen (secondary N) is 1. The van der Waals surface area contributed by atoms with Crippen LogP contribution in [0.2, 0.25) is 0 Å². The highest BCUT2D eigenvalue weighted by molar-refractivity contribution is 5.03. The summed E-state index contributed by atoms with van der Waals surface area (Å²) in [6.07, 6.45) is 1.97. The summed E-state index contributed by atoms with van der Waals surface area (Å²) >= 11 is 0. The summed E-state index contributed by atoms with van der Waals surface area (Å²) in [7, 11) is 0. The summed E-state index contributed by atoms with van der Waals surface area (Å²) in [4.78, 5) is 4.53. The van der Waals surface area contributed by atoms with Crippen LogP contribution in [0, 0.1) is 0 Å². The summed E-state index contributed by atoms with van der Waals surface area (Å²) < 4.78 is 10.7. The predicted molar refractivity (Wildman–Crippen MR) is 63.8 cm³/mol. The molecule has 0 atom stereocenters. The van der Waals surface area contributed by atoms with Crippen LogP contribution >= 0.6 is 0 Å². The first-order chi connectivity index (χ1) is 8.13. The predicted octanol–water partition coefficient (Wildman–Crippen LogP) is 1.81. The van der Waals surface area contributed by atoms with Crippen molar-refractivity contribution in [3.63, 3.8) is 0 Å². The molecule has 1 fully saturated rings. The van der Waals surface area contributed by atoms with Gasteiger partial charge >= 0.3 is 0 Å². The Bertz CT molecular complexity index is 356. The van der Waals surface area contributed by atoms with Gasteiger partial charge < -0.3 is 14.6 Å². The molecule has 1 N–H and O–H groups in total. The molecule has 0 amide bonds. The summed E-state index contributed by atoms with van der Waals surface area (Å²) in [6.45, 7) is 8.64. The smallest absolute Gasteiger partial charge is 0.246 e. The molecule has 2 heterocycles. The molecule has 1 saturated heterocycles. The van der Waals surface area contributed by atoms with Gasteiger partial charge in [0.1, 0.15) is 0 Å². The van der Waals surface area contributed by atoms with E-state index in [0.29, 0.717) is 11.8 Å². The second-order valence-corrected chi connectivity index (χ2v) is 5.00. The molecule has 1 aromatic rings. The van der Waals surface area contributed by atoms with E-state index in [4.69, 9.17) is 9.26 Å². The number of rotatable bonds is 4. The zero-order chi connectivity index (χ0) is 12.3. The number of aromatic nitrogens is 2. The minimum atomic E-state index is -0.259. The van der Waals surface area contributed by atoms with E-state index in [2.05, 4.69) is 36.2 Å². The lowest BCUT2D eigenvalue weighted by atomic mass is 9.99. The van der Waals surface area contributed by atoms with Gasteiger partial charge in [0.2, 0.25) is 5.89 Å². The van der Waals surface area contributed by atoms with E-state index in [-0.39, 0.29) is 5.54 Å². The van der Waals surface area contributed by atoms with Crippen LogP contribution < -0.4 is 5.32 Å². The van der Waals surface area contributed by atoms with Crippen LogP contribution in [0.25, 0.3) is 0 Å². The van der Waals surface area contributed by atoms with Gasteiger partial charge in [-0.05, 0) is 33.2 Å². The Kier molecular flexibility index (Phi) is 3.79. The number of ether oxygens (including phenoxy) is 1. The Morgan fingerprint density at radius 3 is 2.71 bits per heavy atom. The van der Waals surface area contributed by atoms with E-state index in [1.165, 1.54) is 0 Å². The minimum Gasteiger partial charge on any atom is -0.381 e. The molecule has 0 spiro atoms. The van der Waals surface area contributed by atoms with E-state index in [1.54, 1.807) is 0 Å². The maximum atomic E-state index is 5.37. The molecule has 0 aliphatic carbocycles. The van der Waals surface area contributed by atoms with Crippen molar-refractivity contribution in [3.05, 3.63) is 11.7 Å². The average molecular weight is 239 g/mol. The van der Waals surface area contributed by atoms with Crippen LogP contribution in [0.15, 0.2) is 4.52 Å².